The van der Waals surface area contributed by atoms with Gasteiger partial charge in [0, 0.05) is 24.8 Å². The summed E-state index contributed by atoms with van der Waals surface area (Å²) in [5.74, 6) is 0. The summed E-state index contributed by atoms with van der Waals surface area (Å²) in [6.45, 7) is 1.63. The van der Waals surface area contributed by atoms with Gasteiger partial charge in [-0.3, -0.25) is 4.39 Å². The molecule has 1 aromatic rings. The van der Waals surface area contributed by atoms with Crippen LogP contribution in [0.25, 0.3) is 0 Å². The van der Waals surface area contributed by atoms with Crippen molar-refractivity contribution in [1.82, 2.24) is 5.32 Å². The van der Waals surface area contributed by atoms with Crippen LogP contribution in [0.3, 0.4) is 0 Å². The Morgan fingerprint density at radius 1 is 1.41 bits per heavy atom. The number of hydrogen-bond acceptors (Lipinski definition) is 2. The van der Waals surface area contributed by atoms with Crippen molar-refractivity contribution in [3.05, 3.63) is 29.8 Å². The molecule has 2 rings (SSSR count). The largest absolute Gasteiger partial charge is 0.371 e. The molecule has 0 spiro atoms. The van der Waals surface area contributed by atoms with Gasteiger partial charge in [-0.05, 0) is 37.9 Å². The molecule has 0 amide bonds. The van der Waals surface area contributed by atoms with Crippen LogP contribution in [0.2, 0.25) is 0 Å². The van der Waals surface area contributed by atoms with Gasteiger partial charge in [0.15, 0.2) is 0 Å². The highest BCUT2D eigenvalue weighted by atomic mass is 19.1. The molecule has 1 unspecified atom stereocenters. The van der Waals surface area contributed by atoms with Crippen LogP contribution in [-0.2, 0) is 0 Å². The van der Waals surface area contributed by atoms with Crippen LogP contribution in [0.4, 0.5) is 10.1 Å². The molecular weight excluding hydrogens is 215 g/mol. The lowest BCUT2D eigenvalue weighted by molar-refractivity contribution is 0.470. The number of hydrogen-bond donors (Lipinski definition) is 1. The second-order valence-corrected chi connectivity index (χ2v) is 4.57. The summed E-state index contributed by atoms with van der Waals surface area (Å²) in [5.41, 5.74) is 2.63. The van der Waals surface area contributed by atoms with E-state index >= 15 is 0 Å². The molecule has 0 fully saturated rings. The Hall–Kier alpha value is -1.09. The van der Waals surface area contributed by atoms with Gasteiger partial charge in [-0.2, -0.15) is 0 Å². The van der Waals surface area contributed by atoms with Crippen molar-refractivity contribution in [3.8, 4) is 0 Å². The minimum Gasteiger partial charge on any atom is -0.371 e. The molecule has 1 N–H and O–H groups in total. The minimum atomic E-state index is -0.228. The lowest BCUT2D eigenvalue weighted by Crippen LogP contribution is -2.25. The van der Waals surface area contributed by atoms with Crippen LogP contribution >= 0.6 is 0 Å². The second-order valence-electron chi connectivity index (χ2n) is 4.57. The molecule has 1 aliphatic rings. The summed E-state index contributed by atoms with van der Waals surface area (Å²) in [5, 5.41) is 3.38. The average Bonchev–Trinajstić information content (AvgIpc) is 2.55. The van der Waals surface area contributed by atoms with Gasteiger partial charge in [0.1, 0.15) is 0 Å². The quantitative estimate of drug-likeness (QED) is 0.864. The van der Waals surface area contributed by atoms with E-state index in [2.05, 4.69) is 34.5 Å². The van der Waals surface area contributed by atoms with Crippen LogP contribution in [-0.4, -0.2) is 26.8 Å². The fourth-order valence-electron chi connectivity index (χ4n) is 2.62. The lowest BCUT2D eigenvalue weighted by Gasteiger charge is -2.25. The van der Waals surface area contributed by atoms with Gasteiger partial charge < -0.3 is 10.2 Å². The zero-order valence-corrected chi connectivity index (χ0v) is 10.5. The van der Waals surface area contributed by atoms with E-state index in [1.54, 1.807) is 0 Å². The first-order valence-corrected chi connectivity index (χ1v) is 6.44. The van der Waals surface area contributed by atoms with Gasteiger partial charge in [0.2, 0.25) is 0 Å². The third kappa shape index (κ3) is 2.78. The van der Waals surface area contributed by atoms with E-state index in [0.29, 0.717) is 12.5 Å². The van der Waals surface area contributed by atoms with Crippen LogP contribution in [0.5, 0.6) is 0 Å². The summed E-state index contributed by atoms with van der Waals surface area (Å²) < 4.78 is 12.3. The van der Waals surface area contributed by atoms with Gasteiger partial charge in [-0.25, -0.2) is 0 Å². The fraction of sp³-hybridized carbons (Fsp3) is 0.571. The third-order valence-electron chi connectivity index (χ3n) is 3.48. The minimum absolute atomic E-state index is 0.228. The van der Waals surface area contributed by atoms with E-state index in [9.17, 15) is 4.39 Å². The van der Waals surface area contributed by atoms with E-state index in [1.807, 2.05) is 7.05 Å². The summed E-state index contributed by atoms with van der Waals surface area (Å²) in [7, 11) is 2.01. The standard InChI is InChI=1S/C14H21FN2/c1-16-13-7-4-10-17(11-5-9-15)14-8-3-2-6-12(13)14/h2-3,6,8,13,16H,4-5,7,9-11H2,1H3. The molecule has 0 bridgehead atoms. The molecule has 3 heteroatoms. The number of anilines is 1. The number of halogens is 1. The first-order valence-electron chi connectivity index (χ1n) is 6.44. The molecule has 0 aliphatic carbocycles. The number of nitrogens with zero attached hydrogens (tertiary/aromatic N) is 1. The molecule has 17 heavy (non-hydrogen) atoms. The van der Waals surface area contributed by atoms with Crippen molar-refractivity contribution in [2.24, 2.45) is 0 Å². The molecule has 2 nitrogen and oxygen atoms in total. The first-order chi connectivity index (χ1) is 8.36. The number of alkyl halides is 1. The molecule has 1 aliphatic heterocycles. The number of nitrogens with one attached hydrogen (secondary N) is 1. The Morgan fingerprint density at radius 2 is 2.24 bits per heavy atom. The third-order valence-corrected chi connectivity index (χ3v) is 3.48. The number of fused-ring (bicyclic) bond motifs is 1. The Bertz CT molecular complexity index is 354. The molecule has 1 heterocycles. The predicted molar refractivity (Wildman–Crippen MR) is 70.3 cm³/mol. The molecule has 94 valence electrons. The highest BCUT2D eigenvalue weighted by Crippen LogP contribution is 2.32. The van der Waals surface area contributed by atoms with E-state index in [0.717, 1.165) is 25.9 Å². The summed E-state index contributed by atoms with van der Waals surface area (Å²) >= 11 is 0. The van der Waals surface area contributed by atoms with E-state index in [-0.39, 0.29) is 6.67 Å². The average molecular weight is 236 g/mol. The van der Waals surface area contributed by atoms with E-state index < -0.39 is 0 Å². The maximum Gasteiger partial charge on any atom is 0.0911 e. The van der Waals surface area contributed by atoms with E-state index in [4.69, 9.17) is 0 Å². The Labute approximate surface area is 103 Å². The van der Waals surface area contributed by atoms with Gasteiger partial charge in [-0.15, -0.1) is 0 Å². The maximum absolute atomic E-state index is 12.3. The highest BCUT2D eigenvalue weighted by molar-refractivity contribution is 5.55. The zero-order valence-electron chi connectivity index (χ0n) is 10.5. The number of para-hydroxylation sites is 1. The zero-order chi connectivity index (χ0) is 12.1. The molecule has 0 aromatic heterocycles. The van der Waals surface area contributed by atoms with Gasteiger partial charge in [0.05, 0.1) is 6.67 Å². The van der Waals surface area contributed by atoms with Crippen LogP contribution in [0.15, 0.2) is 24.3 Å². The molecule has 1 aromatic carbocycles. The topological polar surface area (TPSA) is 15.3 Å². The highest BCUT2D eigenvalue weighted by Gasteiger charge is 2.20. The van der Waals surface area contributed by atoms with Crippen LogP contribution in [0, 0.1) is 0 Å². The van der Waals surface area contributed by atoms with Gasteiger partial charge in [-0.1, -0.05) is 18.2 Å². The smallest absolute Gasteiger partial charge is 0.0911 e. The Kier molecular flexibility index (Phi) is 4.37. The van der Waals surface area contributed by atoms with Gasteiger partial charge >= 0.3 is 0 Å². The second kappa shape index (κ2) is 6.01. The normalized spacial score (nSPS) is 19.9. The van der Waals surface area contributed by atoms with Gasteiger partial charge in [0.25, 0.3) is 0 Å². The summed E-state index contributed by atoms with van der Waals surface area (Å²) in [6.07, 6.45) is 2.94. The lowest BCUT2D eigenvalue weighted by atomic mass is 10.0. The SMILES string of the molecule is CNC1CCCN(CCCF)c2ccccc21. The number of rotatable bonds is 4. The number of benzene rings is 1. The van der Waals surface area contributed by atoms with Crippen molar-refractivity contribution >= 4 is 5.69 Å². The molecular formula is C14H21FN2. The summed E-state index contributed by atoms with van der Waals surface area (Å²) in [4.78, 5) is 2.33. The Morgan fingerprint density at radius 3 is 3.00 bits per heavy atom. The monoisotopic (exact) mass is 236 g/mol. The van der Waals surface area contributed by atoms with E-state index in [1.165, 1.54) is 11.3 Å². The van der Waals surface area contributed by atoms with Crippen LogP contribution in [0.1, 0.15) is 30.9 Å². The summed E-state index contributed by atoms with van der Waals surface area (Å²) in [6, 6.07) is 8.93. The molecule has 1 atom stereocenters. The fourth-order valence-corrected chi connectivity index (χ4v) is 2.62. The first kappa shape index (κ1) is 12.4. The molecule has 0 radical (unpaired) electrons. The molecule has 0 saturated carbocycles. The Balaban J connectivity index is 2.25. The van der Waals surface area contributed by atoms with Crippen molar-refractivity contribution in [2.45, 2.75) is 25.3 Å². The predicted octanol–water partition coefficient (Wildman–Crippen LogP) is 2.91. The maximum atomic E-state index is 12.3. The molecule has 0 saturated heterocycles. The van der Waals surface area contributed by atoms with Crippen molar-refractivity contribution in [2.75, 3.05) is 31.7 Å². The van der Waals surface area contributed by atoms with Crippen molar-refractivity contribution in [1.29, 1.82) is 0 Å². The van der Waals surface area contributed by atoms with Crippen molar-refractivity contribution in [3.63, 3.8) is 0 Å². The van der Waals surface area contributed by atoms with Crippen LogP contribution < -0.4 is 10.2 Å². The van der Waals surface area contributed by atoms with Crippen molar-refractivity contribution < 1.29 is 4.39 Å².